The van der Waals surface area contributed by atoms with E-state index in [0.29, 0.717) is 12.5 Å². The zero-order chi connectivity index (χ0) is 18.3. The summed E-state index contributed by atoms with van der Waals surface area (Å²) < 4.78 is 5.70. The van der Waals surface area contributed by atoms with Crippen LogP contribution in [-0.2, 0) is 32.4 Å². The number of fused-ring (bicyclic) bond motifs is 1. The molecule has 4 heteroatoms. The summed E-state index contributed by atoms with van der Waals surface area (Å²) in [4.78, 5) is 0. The van der Waals surface area contributed by atoms with Crippen molar-refractivity contribution in [3.8, 4) is 5.88 Å². The average molecular weight is 359 g/mol. The molecule has 4 nitrogen and oxygen atoms in total. The van der Waals surface area contributed by atoms with E-state index in [4.69, 9.17) is 4.74 Å². The number of ether oxygens (including phenoxy) is 1. The predicted molar refractivity (Wildman–Crippen MR) is 107 cm³/mol. The van der Waals surface area contributed by atoms with E-state index in [1.165, 1.54) is 29.5 Å². The minimum atomic E-state index is 0.513. The van der Waals surface area contributed by atoms with E-state index in [9.17, 15) is 0 Å². The largest absolute Gasteiger partial charge is 0.472 e. The first kappa shape index (κ1) is 17.7. The van der Waals surface area contributed by atoms with Crippen molar-refractivity contribution in [1.29, 1.82) is 0 Å². The van der Waals surface area contributed by atoms with E-state index in [0.717, 1.165) is 37.2 Å². The van der Waals surface area contributed by atoms with Gasteiger partial charge in [0.25, 0.3) is 0 Å². The van der Waals surface area contributed by atoms with Crippen molar-refractivity contribution in [3.63, 3.8) is 0 Å². The van der Waals surface area contributed by atoms with Crippen LogP contribution in [0.25, 0.3) is 0 Å². The lowest BCUT2D eigenvalue weighted by molar-refractivity contribution is 0.290. The maximum absolute atomic E-state index is 5.70. The summed E-state index contributed by atoms with van der Waals surface area (Å²) in [5.74, 6) is 0.570. The van der Waals surface area contributed by atoms with Gasteiger partial charge in [-0.1, -0.05) is 48.5 Å². The van der Waals surface area contributed by atoms with Gasteiger partial charge in [0.15, 0.2) is 0 Å². The minimum Gasteiger partial charge on any atom is -0.472 e. The van der Waals surface area contributed by atoms with Gasteiger partial charge in [-0.25, -0.2) is 0 Å². The standard InChI is InChI=1S/C23H25N3O/c1-2-5-19(6-3-1)17-27-23-13-12-22(25-26-23)11-9-18-8-10-21-16-24-14-4-7-20(21)15-18/h1-3,5-6,8,10,12-13,15,24H,4,7,9,11,14,16-17H2. The molecule has 2 heterocycles. The molecule has 0 aliphatic carbocycles. The molecule has 1 aliphatic rings. The summed E-state index contributed by atoms with van der Waals surface area (Å²) in [6.45, 7) is 2.61. The lowest BCUT2D eigenvalue weighted by Gasteiger charge is -2.09. The number of nitrogens with one attached hydrogen (secondary N) is 1. The first-order chi connectivity index (χ1) is 13.4. The highest BCUT2D eigenvalue weighted by atomic mass is 16.5. The van der Waals surface area contributed by atoms with Crippen LogP contribution in [-0.4, -0.2) is 16.7 Å². The van der Waals surface area contributed by atoms with Crippen molar-refractivity contribution < 1.29 is 4.74 Å². The fourth-order valence-corrected chi connectivity index (χ4v) is 3.43. The smallest absolute Gasteiger partial charge is 0.233 e. The van der Waals surface area contributed by atoms with E-state index in [1.54, 1.807) is 0 Å². The van der Waals surface area contributed by atoms with Crippen molar-refractivity contribution in [2.45, 2.75) is 38.8 Å². The molecule has 4 rings (SSSR count). The second-order valence-corrected chi connectivity index (χ2v) is 7.02. The van der Waals surface area contributed by atoms with E-state index < -0.39 is 0 Å². The van der Waals surface area contributed by atoms with Gasteiger partial charge in [0.1, 0.15) is 6.61 Å². The molecule has 2 aromatic carbocycles. The first-order valence-electron chi connectivity index (χ1n) is 9.67. The van der Waals surface area contributed by atoms with Crippen molar-refractivity contribution in [1.82, 2.24) is 15.5 Å². The molecule has 0 fully saturated rings. The molecule has 1 N–H and O–H groups in total. The van der Waals surface area contributed by atoms with Gasteiger partial charge in [0, 0.05) is 12.6 Å². The first-order valence-corrected chi connectivity index (χ1v) is 9.67. The van der Waals surface area contributed by atoms with E-state index >= 15 is 0 Å². The summed E-state index contributed by atoms with van der Waals surface area (Å²) in [7, 11) is 0. The fourth-order valence-electron chi connectivity index (χ4n) is 3.43. The third-order valence-corrected chi connectivity index (χ3v) is 4.98. The number of aromatic nitrogens is 2. The Morgan fingerprint density at radius 2 is 1.78 bits per heavy atom. The molecule has 0 spiro atoms. The second-order valence-electron chi connectivity index (χ2n) is 7.02. The Morgan fingerprint density at radius 3 is 2.63 bits per heavy atom. The Bertz CT molecular complexity index is 863. The summed E-state index contributed by atoms with van der Waals surface area (Å²) in [6, 6.07) is 20.9. The van der Waals surface area contributed by atoms with Crippen molar-refractivity contribution in [2.24, 2.45) is 0 Å². The summed E-state index contributed by atoms with van der Waals surface area (Å²) in [6.07, 6.45) is 4.26. The van der Waals surface area contributed by atoms with Gasteiger partial charge in [-0.05, 0) is 60.5 Å². The topological polar surface area (TPSA) is 47.0 Å². The van der Waals surface area contributed by atoms with E-state index in [-0.39, 0.29) is 0 Å². The van der Waals surface area contributed by atoms with Gasteiger partial charge < -0.3 is 10.1 Å². The lowest BCUT2D eigenvalue weighted by Crippen LogP contribution is -2.11. The molecule has 1 aromatic heterocycles. The van der Waals surface area contributed by atoms with Crippen LogP contribution in [0.2, 0.25) is 0 Å². The molecule has 0 unspecified atom stereocenters. The Balaban J connectivity index is 1.31. The van der Waals surface area contributed by atoms with Gasteiger partial charge in [-0.3, -0.25) is 0 Å². The monoisotopic (exact) mass is 359 g/mol. The SMILES string of the molecule is c1ccc(COc2ccc(CCc3ccc4c(c3)CCCNC4)nn2)cc1. The zero-order valence-corrected chi connectivity index (χ0v) is 15.5. The van der Waals surface area contributed by atoms with Crippen molar-refractivity contribution in [3.05, 3.63) is 88.6 Å². The van der Waals surface area contributed by atoms with Crippen LogP contribution in [0.1, 0.15) is 34.4 Å². The molecule has 0 saturated carbocycles. The summed E-state index contributed by atoms with van der Waals surface area (Å²) in [5, 5.41) is 12.0. The Labute approximate surface area is 160 Å². The fraction of sp³-hybridized carbons (Fsp3) is 0.304. The van der Waals surface area contributed by atoms with Crippen LogP contribution in [0.3, 0.4) is 0 Å². The number of hydrogen-bond donors (Lipinski definition) is 1. The third kappa shape index (κ3) is 4.92. The molecule has 0 amide bonds. The average Bonchev–Trinajstić information content (AvgIpc) is 2.97. The molecule has 1 aliphatic heterocycles. The van der Waals surface area contributed by atoms with Crippen LogP contribution >= 0.6 is 0 Å². The maximum atomic E-state index is 5.70. The van der Waals surface area contributed by atoms with E-state index in [1.807, 2.05) is 42.5 Å². The molecule has 0 radical (unpaired) electrons. The Morgan fingerprint density at radius 1 is 0.852 bits per heavy atom. The molecule has 3 aromatic rings. The van der Waals surface area contributed by atoms with Crippen LogP contribution in [0, 0.1) is 0 Å². The lowest BCUT2D eigenvalue weighted by atomic mass is 9.98. The van der Waals surface area contributed by atoms with Crippen molar-refractivity contribution >= 4 is 0 Å². The quantitative estimate of drug-likeness (QED) is 0.726. The normalized spacial score (nSPS) is 13.6. The number of nitrogens with zero attached hydrogens (tertiary/aromatic N) is 2. The molecule has 138 valence electrons. The second kappa shape index (κ2) is 8.78. The molecular weight excluding hydrogens is 334 g/mol. The highest BCUT2D eigenvalue weighted by molar-refractivity contribution is 5.33. The van der Waals surface area contributed by atoms with E-state index in [2.05, 4.69) is 33.7 Å². The van der Waals surface area contributed by atoms with Crippen LogP contribution in [0.15, 0.2) is 60.7 Å². The number of aryl methyl sites for hydroxylation is 3. The van der Waals surface area contributed by atoms with Gasteiger partial charge in [-0.15, -0.1) is 5.10 Å². The van der Waals surface area contributed by atoms with Crippen molar-refractivity contribution in [2.75, 3.05) is 6.54 Å². The number of benzene rings is 2. The highest BCUT2D eigenvalue weighted by Gasteiger charge is 2.08. The predicted octanol–water partition coefficient (Wildman–Crippen LogP) is 3.88. The maximum Gasteiger partial charge on any atom is 0.233 e. The molecular formula is C23H25N3O. The van der Waals surface area contributed by atoms with Gasteiger partial charge in [0.05, 0.1) is 5.69 Å². The van der Waals surface area contributed by atoms with Gasteiger partial charge in [-0.2, -0.15) is 5.10 Å². The van der Waals surface area contributed by atoms with Gasteiger partial charge in [0.2, 0.25) is 5.88 Å². The number of hydrogen-bond acceptors (Lipinski definition) is 4. The summed E-state index contributed by atoms with van der Waals surface area (Å²) in [5.41, 5.74) is 6.44. The summed E-state index contributed by atoms with van der Waals surface area (Å²) >= 11 is 0. The molecule has 0 saturated heterocycles. The third-order valence-electron chi connectivity index (χ3n) is 4.98. The molecule has 0 atom stereocenters. The zero-order valence-electron chi connectivity index (χ0n) is 15.5. The highest BCUT2D eigenvalue weighted by Crippen LogP contribution is 2.18. The van der Waals surface area contributed by atoms with Crippen LogP contribution < -0.4 is 10.1 Å². The number of rotatable bonds is 6. The Hall–Kier alpha value is -2.72. The molecule has 27 heavy (non-hydrogen) atoms. The molecule has 0 bridgehead atoms. The Kier molecular flexibility index (Phi) is 5.75. The minimum absolute atomic E-state index is 0.513. The van der Waals surface area contributed by atoms with Crippen LogP contribution in [0.5, 0.6) is 5.88 Å². The van der Waals surface area contributed by atoms with Gasteiger partial charge >= 0.3 is 0 Å². The van der Waals surface area contributed by atoms with Crippen LogP contribution in [0.4, 0.5) is 0 Å².